The molecule has 1 aliphatic rings. The average Bonchev–Trinajstić information content (AvgIpc) is 2.73. The van der Waals surface area contributed by atoms with E-state index in [4.69, 9.17) is 14.7 Å². The molecule has 3 rings (SSSR count). The number of benzene rings is 2. The van der Waals surface area contributed by atoms with Gasteiger partial charge in [0.05, 0.1) is 24.8 Å². The van der Waals surface area contributed by atoms with E-state index < -0.39 is 0 Å². The first kappa shape index (κ1) is 18.4. The van der Waals surface area contributed by atoms with Gasteiger partial charge in [0.15, 0.2) is 6.61 Å². The van der Waals surface area contributed by atoms with Crippen LogP contribution in [0.1, 0.15) is 15.9 Å². The van der Waals surface area contributed by atoms with Crippen molar-refractivity contribution in [3.05, 3.63) is 59.7 Å². The summed E-state index contributed by atoms with van der Waals surface area (Å²) in [5.41, 5.74) is 1.57. The van der Waals surface area contributed by atoms with Crippen LogP contribution in [-0.4, -0.2) is 49.6 Å². The number of hydrogen-bond acceptors (Lipinski definition) is 5. The van der Waals surface area contributed by atoms with E-state index in [0.717, 1.165) is 0 Å². The highest BCUT2D eigenvalue weighted by Crippen LogP contribution is 2.17. The van der Waals surface area contributed by atoms with E-state index in [1.807, 2.05) is 6.07 Å². The minimum Gasteiger partial charge on any atom is -0.484 e. The first-order chi connectivity index (χ1) is 13.2. The molecule has 0 atom stereocenters. The second kappa shape index (κ2) is 8.83. The Hall–Kier alpha value is -3.37. The summed E-state index contributed by atoms with van der Waals surface area (Å²) in [7, 11) is 0. The van der Waals surface area contributed by atoms with Crippen LogP contribution in [0.3, 0.4) is 0 Å². The lowest BCUT2D eigenvalue weighted by atomic mass is 10.1. The maximum Gasteiger partial charge on any atom is 0.260 e. The number of ether oxygens (including phenoxy) is 2. The van der Waals surface area contributed by atoms with Crippen molar-refractivity contribution < 1.29 is 19.1 Å². The lowest BCUT2D eigenvalue weighted by Crippen LogP contribution is -2.42. The molecule has 0 saturated carbocycles. The molecule has 0 unspecified atom stereocenters. The second-order valence-electron chi connectivity index (χ2n) is 5.95. The number of rotatable bonds is 5. The molecule has 2 amide bonds. The third kappa shape index (κ3) is 5.06. The molecule has 0 bridgehead atoms. The first-order valence-electron chi connectivity index (χ1n) is 8.55. The van der Waals surface area contributed by atoms with Gasteiger partial charge in [-0.1, -0.05) is 0 Å². The smallest absolute Gasteiger partial charge is 0.260 e. The van der Waals surface area contributed by atoms with E-state index in [9.17, 15) is 9.59 Å². The molecule has 1 heterocycles. The van der Waals surface area contributed by atoms with Crippen LogP contribution in [0.5, 0.6) is 5.75 Å². The number of amides is 2. The molecule has 7 nitrogen and oxygen atoms in total. The predicted molar refractivity (Wildman–Crippen MR) is 98.4 cm³/mol. The highest BCUT2D eigenvalue weighted by molar-refractivity contribution is 6.04. The van der Waals surface area contributed by atoms with Crippen molar-refractivity contribution in [2.75, 3.05) is 38.2 Å². The largest absolute Gasteiger partial charge is 0.484 e. The summed E-state index contributed by atoms with van der Waals surface area (Å²) in [6, 6.07) is 15.2. The molecule has 7 heteroatoms. The molecule has 1 saturated heterocycles. The molecular weight excluding hydrogens is 346 g/mol. The molecule has 2 aromatic carbocycles. The van der Waals surface area contributed by atoms with Crippen LogP contribution in [0.25, 0.3) is 0 Å². The maximum atomic E-state index is 12.2. The van der Waals surface area contributed by atoms with Gasteiger partial charge in [-0.2, -0.15) is 5.26 Å². The molecule has 0 spiro atoms. The number of morpholine rings is 1. The minimum absolute atomic E-state index is 0.0308. The van der Waals surface area contributed by atoms with Crippen molar-refractivity contribution in [2.45, 2.75) is 0 Å². The standard InChI is InChI=1S/C20H19N3O4/c21-13-15-1-3-16(4-2-15)20(25)22-17-5-7-18(8-6-17)27-14-19(24)23-9-11-26-12-10-23/h1-8H,9-12,14H2,(H,22,25). The van der Waals surface area contributed by atoms with Gasteiger partial charge >= 0.3 is 0 Å². The van der Waals surface area contributed by atoms with Crippen LogP contribution in [-0.2, 0) is 9.53 Å². The summed E-state index contributed by atoms with van der Waals surface area (Å²) < 4.78 is 10.7. The number of anilines is 1. The molecular formula is C20H19N3O4. The van der Waals surface area contributed by atoms with E-state index in [2.05, 4.69) is 5.32 Å². The summed E-state index contributed by atoms with van der Waals surface area (Å²) >= 11 is 0. The fourth-order valence-electron chi connectivity index (χ4n) is 2.58. The Kier molecular flexibility index (Phi) is 6.02. The van der Waals surface area contributed by atoms with Crippen LogP contribution in [0.15, 0.2) is 48.5 Å². The Balaban J connectivity index is 1.51. The number of nitriles is 1. The molecule has 2 aromatic rings. The van der Waals surface area contributed by atoms with Crippen LogP contribution in [0.4, 0.5) is 5.69 Å². The Bertz CT molecular complexity index is 835. The molecule has 0 aliphatic carbocycles. The topological polar surface area (TPSA) is 91.7 Å². The van der Waals surface area contributed by atoms with Crippen molar-refractivity contribution in [1.82, 2.24) is 4.90 Å². The predicted octanol–water partition coefficient (Wildman–Crippen LogP) is 2.05. The number of nitrogens with one attached hydrogen (secondary N) is 1. The van der Waals surface area contributed by atoms with E-state index in [1.54, 1.807) is 53.4 Å². The fraction of sp³-hybridized carbons (Fsp3) is 0.250. The van der Waals surface area contributed by atoms with Gasteiger partial charge in [0.1, 0.15) is 5.75 Å². The third-order valence-corrected chi connectivity index (χ3v) is 4.11. The van der Waals surface area contributed by atoms with E-state index in [1.165, 1.54) is 0 Å². The van der Waals surface area contributed by atoms with Gasteiger partial charge in [0.25, 0.3) is 11.8 Å². The van der Waals surface area contributed by atoms with Crippen LogP contribution in [0, 0.1) is 11.3 Å². The van der Waals surface area contributed by atoms with Gasteiger partial charge in [-0.05, 0) is 48.5 Å². The zero-order valence-corrected chi connectivity index (χ0v) is 14.7. The number of carbonyl (C=O) groups excluding carboxylic acids is 2. The van der Waals surface area contributed by atoms with Crippen LogP contribution in [0.2, 0.25) is 0 Å². The summed E-state index contributed by atoms with van der Waals surface area (Å²) in [6.07, 6.45) is 0. The molecule has 138 valence electrons. The molecule has 27 heavy (non-hydrogen) atoms. The van der Waals surface area contributed by atoms with Gasteiger partial charge in [0.2, 0.25) is 0 Å². The number of carbonyl (C=O) groups is 2. The van der Waals surface area contributed by atoms with Crippen molar-refractivity contribution in [3.8, 4) is 11.8 Å². The van der Waals surface area contributed by atoms with Gasteiger partial charge in [0, 0.05) is 24.3 Å². The molecule has 0 aromatic heterocycles. The highest BCUT2D eigenvalue weighted by atomic mass is 16.5. The normalized spacial score (nSPS) is 13.5. The third-order valence-electron chi connectivity index (χ3n) is 4.11. The van der Waals surface area contributed by atoms with Crippen molar-refractivity contribution in [2.24, 2.45) is 0 Å². The van der Waals surface area contributed by atoms with Crippen molar-refractivity contribution in [1.29, 1.82) is 5.26 Å². The highest BCUT2D eigenvalue weighted by Gasteiger charge is 2.17. The maximum absolute atomic E-state index is 12.2. The Morgan fingerprint density at radius 1 is 1.07 bits per heavy atom. The Labute approximate surface area is 157 Å². The molecule has 1 aliphatic heterocycles. The van der Waals surface area contributed by atoms with Crippen molar-refractivity contribution in [3.63, 3.8) is 0 Å². The van der Waals surface area contributed by atoms with Crippen LogP contribution < -0.4 is 10.1 Å². The number of hydrogen-bond donors (Lipinski definition) is 1. The van der Waals surface area contributed by atoms with E-state index in [-0.39, 0.29) is 18.4 Å². The monoisotopic (exact) mass is 365 g/mol. The van der Waals surface area contributed by atoms with Gasteiger partial charge in [-0.25, -0.2) is 0 Å². The van der Waals surface area contributed by atoms with Crippen molar-refractivity contribution >= 4 is 17.5 Å². The Morgan fingerprint density at radius 2 is 1.74 bits per heavy atom. The zero-order valence-electron chi connectivity index (χ0n) is 14.7. The summed E-state index contributed by atoms with van der Waals surface area (Å²) in [5.74, 6) is 0.208. The molecule has 1 fully saturated rings. The summed E-state index contributed by atoms with van der Waals surface area (Å²) in [5, 5.41) is 11.6. The van der Waals surface area contributed by atoms with E-state index >= 15 is 0 Å². The molecule has 0 radical (unpaired) electrons. The van der Waals surface area contributed by atoms with Gasteiger partial charge in [-0.15, -0.1) is 0 Å². The SMILES string of the molecule is N#Cc1ccc(C(=O)Nc2ccc(OCC(=O)N3CCOCC3)cc2)cc1. The fourth-order valence-corrected chi connectivity index (χ4v) is 2.58. The lowest BCUT2D eigenvalue weighted by molar-refractivity contribution is -0.137. The van der Waals surface area contributed by atoms with Gasteiger partial charge in [-0.3, -0.25) is 9.59 Å². The minimum atomic E-state index is -0.268. The first-order valence-corrected chi connectivity index (χ1v) is 8.55. The van der Waals surface area contributed by atoms with Gasteiger partial charge < -0.3 is 19.7 Å². The Morgan fingerprint density at radius 3 is 2.37 bits per heavy atom. The second-order valence-corrected chi connectivity index (χ2v) is 5.95. The number of nitrogens with zero attached hydrogens (tertiary/aromatic N) is 2. The molecule has 1 N–H and O–H groups in total. The van der Waals surface area contributed by atoms with E-state index in [0.29, 0.717) is 48.9 Å². The lowest BCUT2D eigenvalue weighted by Gasteiger charge is -2.26. The summed E-state index contributed by atoms with van der Waals surface area (Å²) in [6.45, 7) is 2.25. The summed E-state index contributed by atoms with van der Waals surface area (Å²) in [4.78, 5) is 26.0. The van der Waals surface area contributed by atoms with Crippen LogP contribution >= 0.6 is 0 Å². The quantitative estimate of drug-likeness (QED) is 0.876. The average molecular weight is 365 g/mol. The zero-order chi connectivity index (χ0) is 19.1.